The molecule has 130 valence electrons. The monoisotopic (exact) mass is 370 g/mol. The van der Waals surface area contributed by atoms with Gasteiger partial charge >= 0.3 is 5.97 Å². The molecule has 1 aliphatic rings. The molecule has 1 aliphatic heterocycles. The van der Waals surface area contributed by atoms with Crippen molar-refractivity contribution in [3.8, 4) is 0 Å². The van der Waals surface area contributed by atoms with Crippen molar-refractivity contribution in [3.05, 3.63) is 34.5 Å². The number of fused-ring (bicyclic) bond motifs is 1. The average Bonchev–Trinajstić information content (AvgIpc) is 3.19. The van der Waals surface area contributed by atoms with Crippen LogP contribution in [0.5, 0.6) is 0 Å². The summed E-state index contributed by atoms with van der Waals surface area (Å²) in [4.78, 5) is 12.4. The molecule has 24 heavy (non-hydrogen) atoms. The van der Waals surface area contributed by atoms with Crippen molar-refractivity contribution in [2.75, 3.05) is 13.1 Å². The first kappa shape index (κ1) is 17.1. The van der Waals surface area contributed by atoms with Crippen molar-refractivity contribution in [1.29, 1.82) is 0 Å². The topological polar surface area (TPSA) is 113 Å². The van der Waals surface area contributed by atoms with E-state index in [0.717, 1.165) is 16.2 Å². The Morgan fingerprint density at radius 2 is 2.33 bits per heavy atom. The maximum Gasteiger partial charge on any atom is 0.338 e. The quantitative estimate of drug-likeness (QED) is 0.617. The van der Waals surface area contributed by atoms with Crippen LogP contribution < -0.4 is 10.0 Å². The molecule has 0 bridgehead atoms. The van der Waals surface area contributed by atoms with Crippen molar-refractivity contribution in [2.24, 2.45) is 0 Å². The van der Waals surface area contributed by atoms with E-state index in [1.807, 2.05) is 0 Å². The Balaban J connectivity index is 1.74. The number of nitrogens with one attached hydrogen (secondary N) is 2. The molecule has 3 N–H and O–H groups in total. The van der Waals surface area contributed by atoms with Crippen LogP contribution in [-0.2, 0) is 29.5 Å². The van der Waals surface area contributed by atoms with Gasteiger partial charge in [0.15, 0.2) is 0 Å². The summed E-state index contributed by atoms with van der Waals surface area (Å²) in [7, 11) is -3.84. The summed E-state index contributed by atoms with van der Waals surface area (Å²) in [5, 5.41) is 16.6. The number of thiophene rings is 1. The Hall–Kier alpha value is -1.75. The molecule has 0 saturated heterocycles. The first-order valence-electron chi connectivity index (χ1n) is 7.54. The minimum Gasteiger partial charge on any atom is -0.478 e. The van der Waals surface area contributed by atoms with Crippen LogP contribution in [-0.4, -0.2) is 42.4 Å². The second kappa shape index (κ2) is 7.01. The molecule has 3 heterocycles. The number of hydrogen-bond donors (Lipinski definition) is 3. The fraction of sp³-hybridized carbons (Fsp3) is 0.429. The lowest BCUT2D eigenvalue weighted by Gasteiger charge is -2.12. The Morgan fingerprint density at radius 3 is 3.04 bits per heavy atom. The third-order valence-electron chi connectivity index (χ3n) is 3.77. The highest BCUT2D eigenvalue weighted by Crippen LogP contribution is 2.34. The predicted molar refractivity (Wildman–Crippen MR) is 88.7 cm³/mol. The van der Waals surface area contributed by atoms with Gasteiger partial charge in [-0.3, -0.25) is 4.68 Å². The van der Waals surface area contributed by atoms with Crippen molar-refractivity contribution in [1.82, 2.24) is 19.8 Å². The summed E-state index contributed by atoms with van der Waals surface area (Å²) in [5.41, 5.74) is 0.569. The molecule has 2 aromatic rings. The van der Waals surface area contributed by atoms with Crippen molar-refractivity contribution in [2.45, 2.75) is 30.1 Å². The molecule has 0 amide bonds. The Morgan fingerprint density at radius 1 is 1.50 bits per heavy atom. The van der Waals surface area contributed by atoms with Crippen LogP contribution in [0.4, 0.5) is 0 Å². The molecule has 0 atom stereocenters. The van der Waals surface area contributed by atoms with Crippen LogP contribution in [0.15, 0.2) is 22.7 Å². The molecular weight excluding hydrogens is 352 g/mol. The Labute approximate surface area is 143 Å². The van der Waals surface area contributed by atoms with Gasteiger partial charge in [0, 0.05) is 36.9 Å². The molecule has 0 aromatic carbocycles. The van der Waals surface area contributed by atoms with Crippen LogP contribution in [0.3, 0.4) is 0 Å². The van der Waals surface area contributed by atoms with E-state index in [2.05, 4.69) is 15.1 Å². The van der Waals surface area contributed by atoms with Crippen LogP contribution >= 0.6 is 11.3 Å². The number of rotatable bonds is 7. The number of carboxylic acid groups (broad SMARTS) is 1. The molecule has 0 saturated carbocycles. The minimum atomic E-state index is -3.84. The largest absolute Gasteiger partial charge is 0.478 e. The highest BCUT2D eigenvalue weighted by atomic mass is 32.2. The lowest BCUT2D eigenvalue weighted by Crippen LogP contribution is -2.27. The van der Waals surface area contributed by atoms with E-state index in [9.17, 15) is 18.3 Å². The Bertz CT molecular complexity index is 827. The van der Waals surface area contributed by atoms with Crippen LogP contribution in [0.2, 0.25) is 0 Å². The fourth-order valence-electron chi connectivity index (χ4n) is 2.66. The van der Waals surface area contributed by atoms with Crippen LogP contribution in [0.1, 0.15) is 27.2 Å². The lowest BCUT2D eigenvalue weighted by molar-refractivity contribution is 0.0692. The molecular formula is C14H18N4O4S2. The van der Waals surface area contributed by atoms with Gasteiger partial charge in [0.1, 0.15) is 4.21 Å². The zero-order valence-corrected chi connectivity index (χ0v) is 14.5. The van der Waals surface area contributed by atoms with Gasteiger partial charge in [0.25, 0.3) is 10.0 Å². The van der Waals surface area contributed by atoms with E-state index in [1.54, 1.807) is 23.1 Å². The van der Waals surface area contributed by atoms with Gasteiger partial charge in [-0.1, -0.05) is 0 Å². The maximum absolute atomic E-state index is 12.5. The number of carbonyl (C=O) groups is 1. The summed E-state index contributed by atoms with van der Waals surface area (Å²) in [5.74, 6) is -1.19. The van der Waals surface area contributed by atoms with Crippen molar-refractivity contribution >= 4 is 27.3 Å². The number of aryl methyl sites for hydroxylation is 1. The second-order valence-corrected chi connectivity index (χ2v) is 8.49. The first-order chi connectivity index (χ1) is 11.5. The molecule has 0 unspecified atom stereocenters. The minimum absolute atomic E-state index is 0.0731. The van der Waals surface area contributed by atoms with E-state index in [1.165, 1.54) is 0 Å². The van der Waals surface area contributed by atoms with Gasteiger partial charge in [-0.25, -0.2) is 17.9 Å². The average molecular weight is 370 g/mol. The van der Waals surface area contributed by atoms with E-state index in [-0.39, 0.29) is 16.3 Å². The van der Waals surface area contributed by atoms with E-state index < -0.39 is 16.0 Å². The zero-order valence-electron chi connectivity index (χ0n) is 12.9. The summed E-state index contributed by atoms with van der Waals surface area (Å²) in [6.45, 7) is 1.98. The number of hydrogen-bond acceptors (Lipinski definition) is 6. The molecule has 10 heteroatoms. The third-order valence-corrected chi connectivity index (χ3v) is 6.98. The molecule has 8 nitrogen and oxygen atoms in total. The molecule has 0 radical (unpaired) electrons. The third kappa shape index (κ3) is 3.51. The number of sulfonamides is 1. The van der Waals surface area contributed by atoms with Crippen molar-refractivity contribution < 1.29 is 18.3 Å². The summed E-state index contributed by atoms with van der Waals surface area (Å²) < 4.78 is 29.2. The second-order valence-electron chi connectivity index (χ2n) is 5.42. The summed E-state index contributed by atoms with van der Waals surface area (Å²) >= 11 is 1.04. The number of nitrogens with zero attached hydrogens (tertiary/aromatic N) is 2. The number of aromatic carboxylic acids is 1. The Kier molecular flexibility index (Phi) is 4.99. The van der Waals surface area contributed by atoms with Gasteiger partial charge in [0.2, 0.25) is 0 Å². The number of carboxylic acids is 1. The number of aromatic nitrogens is 2. The molecule has 0 fully saturated rings. The SMILES string of the molecule is O=C(O)c1c(S(=O)(=O)NCCCn2cccn2)sc2c1CCNC2. The van der Waals surface area contributed by atoms with Gasteiger partial charge in [-0.2, -0.15) is 5.10 Å². The normalized spacial score (nSPS) is 14.5. The van der Waals surface area contributed by atoms with Gasteiger partial charge < -0.3 is 10.4 Å². The standard InChI is InChI=1S/C14H18N4O4S2/c19-13(20)12-10-3-6-15-9-11(10)23-14(12)24(21,22)17-5-2-8-18-7-1-4-16-18/h1,4,7,15,17H,2-3,5-6,8-9H2,(H,19,20). The lowest BCUT2D eigenvalue weighted by atomic mass is 10.1. The summed E-state index contributed by atoms with van der Waals surface area (Å²) in [6.07, 6.45) is 4.56. The molecule has 0 aliphatic carbocycles. The highest BCUT2D eigenvalue weighted by molar-refractivity contribution is 7.91. The zero-order chi connectivity index (χ0) is 17.2. The maximum atomic E-state index is 12.5. The van der Waals surface area contributed by atoms with Gasteiger partial charge in [-0.15, -0.1) is 11.3 Å². The molecule has 3 rings (SSSR count). The van der Waals surface area contributed by atoms with Gasteiger partial charge in [0.05, 0.1) is 5.56 Å². The molecule has 2 aromatic heterocycles. The van der Waals surface area contributed by atoms with Crippen LogP contribution in [0, 0.1) is 0 Å². The van der Waals surface area contributed by atoms with Gasteiger partial charge in [-0.05, 0) is 31.0 Å². The molecule has 0 spiro atoms. The highest BCUT2D eigenvalue weighted by Gasteiger charge is 2.31. The van der Waals surface area contributed by atoms with E-state index in [0.29, 0.717) is 38.0 Å². The van der Waals surface area contributed by atoms with E-state index in [4.69, 9.17) is 0 Å². The van der Waals surface area contributed by atoms with E-state index >= 15 is 0 Å². The smallest absolute Gasteiger partial charge is 0.338 e. The fourth-order valence-corrected chi connectivity index (χ4v) is 5.64. The summed E-state index contributed by atoms with van der Waals surface area (Å²) in [6, 6.07) is 1.80. The van der Waals surface area contributed by atoms with Crippen LogP contribution in [0.25, 0.3) is 0 Å². The van der Waals surface area contributed by atoms with Crippen molar-refractivity contribution in [3.63, 3.8) is 0 Å². The first-order valence-corrected chi connectivity index (χ1v) is 9.84. The predicted octanol–water partition coefficient (Wildman–Crippen LogP) is 0.657.